The van der Waals surface area contributed by atoms with Gasteiger partial charge in [-0.3, -0.25) is 10.2 Å². The largest absolute Gasteiger partial charge is 0.404 e. The van der Waals surface area contributed by atoms with Crippen LogP contribution >= 0.6 is 11.6 Å². The van der Waals surface area contributed by atoms with Crippen LogP contribution in [-0.4, -0.2) is 46.3 Å². The first-order valence-corrected chi connectivity index (χ1v) is 10.1. The fourth-order valence-corrected chi connectivity index (χ4v) is 3.42. The van der Waals surface area contributed by atoms with Crippen molar-refractivity contribution in [3.63, 3.8) is 0 Å². The number of fused-ring (bicyclic) bond motifs is 1. The van der Waals surface area contributed by atoms with Crippen molar-refractivity contribution in [2.45, 2.75) is 13.3 Å². The maximum atomic E-state index is 12.1. The van der Waals surface area contributed by atoms with Crippen LogP contribution in [0.25, 0.3) is 22.2 Å². The molecule has 0 saturated heterocycles. The summed E-state index contributed by atoms with van der Waals surface area (Å²) in [6.07, 6.45) is 5.18. The maximum Gasteiger partial charge on any atom is 0.250 e. The Bertz CT molecular complexity index is 1140. The molecule has 0 fully saturated rings. The van der Waals surface area contributed by atoms with E-state index in [1.54, 1.807) is 30.5 Å². The second-order valence-electron chi connectivity index (χ2n) is 6.66. The lowest BCUT2D eigenvalue weighted by Gasteiger charge is -2.13. The summed E-state index contributed by atoms with van der Waals surface area (Å²) in [4.78, 5) is 16.7. The van der Waals surface area contributed by atoms with Crippen molar-refractivity contribution in [1.29, 1.82) is 5.41 Å². The molecule has 6 N–H and O–H groups in total. The van der Waals surface area contributed by atoms with Crippen LogP contribution in [0.2, 0.25) is 5.02 Å². The molecular formula is C21H24ClN7O2. The first-order chi connectivity index (χ1) is 15.0. The van der Waals surface area contributed by atoms with Gasteiger partial charge >= 0.3 is 0 Å². The zero-order valence-corrected chi connectivity index (χ0v) is 17.8. The summed E-state index contributed by atoms with van der Waals surface area (Å²) in [5, 5.41) is 16.6. The van der Waals surface area contributed by atoms with E-state index in [-0.39, 0.29) is 16.4 Å². The number of benzene rings is 1. The number of anilines is 1. The van der Waals surface area contributed by atoms with Gasteiger partial charge in [0.2, 0.25) is 0 Å². The van der Waals surface area contributed by atoms with Crippen molar-refractivity contribution in [2.75, 3.05) is 25.1 Å². The van der Waals surface area contributed by atoms with Crippen molar-refractivity contribution in [1.82, 2.24) is 14.8 Å². The lowest BCUT2D eigenvalue weighted by Crippen LogP contribution is -2.14. The fourth-order valence-electron chi connectivity index (χ4n) is 3.15. The molecule has 10 heteroatoms. The van der Waals surface area contributed by atoms with Gasteiger partial charge in [-0.2, -0.15) is 9.78 Å². The first kappa shape index (κ1) is 22.3. The third kappa shape index (κ3) is 4.84. The van der Waals surface area contributed by atoms with Crippen molar-refractivity contribution in [3.8, 4) is 11.1 Å². The van der Waals surface area contributed by atoms with Gasteiger partial charge in [-0.15, -0.1) is 0 Å². The van der Waals surface area contributed by atoms with Crippen LogP contribution in [0, 0.1) is 5.41 Å². The van der Waals surface area contributed by atoms with Crippen molar-refractivity contribution in [2.24, 2.45) is 11.5 Å². The molecule has 0 unspecified atom stereocenters. The molecule has 0 bridgehead atoms. The Morgan fingerprint density at radius 1 is 1.35 bits per heavy atom. The van der Waals surface area contributed by atoms with Gasteiger partial charge in [0.25, 0.3) is 5.91 Å². The van der Waals surface area contributed by atoms with Crippen molar-refractivity contribution in [3.05, 3.63) is 53.3 Å². The van der Waals surface area contributed by atoms with E-state index >= 15 is 0 Å². The molecule has 2 heterocycles. The fraction of sp³-hybridized carbons (Fsp3) is 0.238. The molecule has 0 aliphatic rings. The number of carbonyl (C=O) groups excluding carboxylic acids is 1. The lowest BCUT2D eigenvalue weighted by atomic mass is 9.97. The number of pyridine rings is 1. The molecule has 31 heavy (non-hydrogen) atoms. The molecule has 0 aliphatic carbocycles. The van der Waals surface area contributed by atoms with E-state index in [1.165, 1.54) is 17.0 Å². The number of halogens is 1. The van der Waals surface area contributed by atoms with Gasteiger partial charge in [0.15, 0.2) is 5.65 Å². The minimum absolute atomic E-state index is 0.0422. The van der Waals surface area contributed by atoms with Crippen LogP contribution in [0.1, 0.15) is 23.7 Å². The Balaban J connectivity index is 2.15. The van der Waals surface area contributed by atoms with Gasteiger partial charge in [0.1, 0.15) is 11.7 Å². The van der Waals surface area contributed by atoms with Crippen LogP contribution < -0.4 is 16.8 Å². The zero-order valence-electron chi connectivity index (χ0n) is 17.1. The summed E-state index contributed by atoms with van der Waals surface area (Å²) >= 11 is 6.27. The number of nitrogens with one attached hydrogen (secondary N) is 2. The molecular weight excluding hydrogens is 418 g/mol. The first-order valence-electron chi connectivity index (χ1n) is 9.74. The molecule has 9 nitrogen and oxygen atoms in total. The summed E-state index contributed by atoms with van der Waals surface area (Å²) in [7, 11) is 0. The second kappa shape index (κ2) is 10.1. The van der Waals surface area contributed by atoms with Gasteiger partial charge < -0.3 is 21.5 Å². The second-order valence-corrected chi connectivity index (χ2v) is 7.07. The summed E-state index contributed by atoms with van der Waals surface area (Å²) in [5.41, 5.74) is 12.9. The van der Waals surface area contributed by atoms with E-state index < -0.39 is 5.91 Å². The minimum atomic E-state index is -0.640. The normalized spacial score (nSPS) is 11.3. The number of primary amides is 1. The third-order valence-electron chi connectivity index (χ3n) is 4.47. The lowest BCUT2D eigenvalue weighted by molar-refractivity contribution is 0.100. The highest BCUT2D eigenvalue weighted by molar-refractivity contribution is 6.34. The van der Waals surface area contributed by atoms with Crippen LogP contribution in [0.4, 0.5) is 5.82 Å². The number of nitrogens with two attached hydrogens (primary N) is 2. The molecule has 1 aromatic carbocycles. The average molecular weight is 442 g/mol. The van der Waals surface area contributed by atoms with Crippen LogP contribution in [0.3, 0.4) is 0 Å². The van der Waals surface area contributed by atoms with E-state index in [1.807, 2.05) is 6.92 Å². The molecule has 3 rings (SSSR count). The number of allylic oxidation sites excluding steroid dienone is 1. The Hall–Kier alpha value is -3.43. The summed E-state index contributed by atoms with van der Waals surface area (Å²) in [6, 6.07) is 6.91. The highest BCUT2D eigenvalue weighted by atomic mass is 35.5. The molecule has 1 amide bonds. The smallest absolute Gasteiger partial charge is 0.250 e. The molecule has 162 valence electrons. The molecule has 0 atom stereocenters. The Morgan fingerprint density at radius 2 is 2.16 bits per heavy atom. The number of rotatable bonds is 9. The van der Waals surface area contributed by atoms with Crippen LogP contribution in [-0.2, 0) is 4.74 Å². The van der Waals surface area contributed by atoms with E-state index in [2.05, 4.69) is 15.4 Å². The molecule has 0 aliphatic heterocycles. The Labute approximate surface area is 184 Å². The molecule has 2 aromatic heterocycles. The quantitative estimate of drug-likeness (QED) is 0.228. The topological polar surface area (TPSA) is 145 Å². The summed E-state index contributed by atoms with van der Waals surface area (Å²) in [6.45, 7) is 3.77. The number of carbonyl (C=O) groups is 1. The van der Waals surface area contributed by atoms with Gasteiger partial charge in [-0.1, -0.05) is 30.7 Å². The standard InChI is InChI=1S/C21H24ClN7O2/c1-2-9-31-10-8-26-18-11-14(13-4-3-5-16(22)19(13)20(25)30)15-12-27-29(21(15)28-18)17(24)6-7-23/h3-7,11-12,24H,2,8-10,23H2,1H3,(H2,25,30)(H,26,28)/b7-6-,24-17?. The van der Waals surface area contributed by atoms with Gasteiger partial charge in [0.05, 0.1) is 23.4 Å². The van der Waals surface area contributed by atoms with Crippen LogP contribution in [0.15, 0.2) is 42.7 Å². The predicted molar refractivity (Wildman–Crippen MR) is 123 cm³/mol. The van der Waals surface area contributed by atoms with E-state index in [9.17, 15) is 4.79 Å². The Kier molecular flexibility index (Phi) is 7.22. The number of amides is 1. The number of hydrogen-bond acceptors (Lipinski definition) is 7. The van der Waals surface area contributed by atoms with E-state index in [0.717, 1.165) is 6.42 Å². The number of nitrogens with zero attached hydrogens (tertiary/aromatic N) is 3. The van der Waals surface area contributed by atoms with E-state index in [0.29, 0.717) is 47.7 Å². The number of ether oxygens (including phenoxy) is 1. The monoisotopic (exact) mass is 441 g/mol. The molecule has 0 radical (unpaired) electrons. The summed E-state index contributed by atoms with van der Waals surface area (Å²) in [5.74, 6) is -0.0656. The average Bonchev–Trinajstić information content (AvgIpc) is 3.17. The van der Waals surface area contributed by atoms with Crippen LogP contribution in [0.5, 0.6) is 0 Å². The molecule has 3 aromatic rings. The highest BCUT2D eigenvalue weighted by Gasteiger charge is 2.20. The van der Waals surface area contributed by atoms with E-state index in [4.69, 9.17) is 33.2 Å². The van der Waals surface area contributed by atoms with Crippen molar-refractivity contribution >= 4 is 40.2 Å². The van der Waals surface area contributed by atoms with Gasteiger partial charge in [-0.05, 0) is 42.0 Å². The van der Waals surface area contributed by atoms with Crippen molar-refractivity contribution < 1.29 is 9.53 Å². The number of aromatic nitrogens is 3. The highest BCUT2D eigenvalue weighted by Crippen LogP contribution is 2.35. The van der Waals surface area contributed by atoms with Gasteiger partial charge in [0, 0.05) is 18.5 Å². The molecule has 0 spiro atoms. The maximum absolute atomic E-state index is 12.1. The SMILES string of the molecule is CCCOCCNc1cc(-c2cccc(Cl)c2C(N)=O)c2cnn(C(=N)/C=C\N)c2n1. The predicted octanol–water partition coefficient (Wildman–Crippen LogP) is 2.99. The van der Waals surface area contributed by atoms with Gasteiger partial charge in [-0.25, -0.2) is 4.98 Å². The third-order valence-corrected chi connectivity index (χ3v) is 4.79. The minimum Gasteiger partial charge on any atom is -0.404 e. The summed E-state index contributed by atoms with van der Waals surface area (Å²) < 4.78 is 6.87. The zero-order chi connectivity index (χ0) is 22.4. The Morgan fingerprint density at radius 3 is 2.87 bits per heavy atom. The molecule has 0 saturated carbocycles. The number of hydrogen-bond donors (Lipinski definition) is 4.